The zero-order valence-electron chi connectivity index (χ0n) is 16.5. The van der Waals surface area contributed by atoms with Crippen LogP contribution in [0.2, 0.25) is 0 Å². The number of aryl methyl sites for hydroxylation is 1. The molecule has 0 aliphatic carbocycles. The average molecular weight is 395 g/mol. The molecule has 0 aliphatic rings. The Morgan fingerprint density at radius 2 is 1.83 bits per heavy atom. The lowest BCUT2D eigenvalue weighted by Crippen LogP contribution is -2.08. The molecule has 0 saturated carbocycles. The molecule has 0 atom stereocenters. The number of nitrogens with zero attached hydrogens (tertiary/aromatic N) is 3. The van der Waals surface area contributed by atoms with E-state index in [0.717, 1.165) is 5.56 Å². The van der Waals surface area contributed by atoms with E-state index in [4.69, 9.17) is 18.4 Å². The van der Waals surface area contributed by atoms with Crippen molar-refractivity contribution >= 4 is 11.1 Å². The van der Waals surface area contributed by atoms with Gasteiger partial charge in [0.15, 0.2) is 17.1 Å². The first-order valence-electron chi connectivity index (χ1n) is 9.40. The number of ether oxygens (including phenoxy) is 2. The fraction of sp³-hybridized carbons (Fsp3) is 0.286. The number of hydrogen-bond donors (Lipinski definition) is 0. The molecule has 0 unspecified atom stereocenters. The Labute approximate surface area is 166 Å². The lowest BCUT2D eigenvalue weighted by Gasteiger charge is -2.11. The second-order valence-corrected chi connectivity index (χ2v) is 6.45. The summed E-state index contributed by atoms with van der Waals surface area (Å²) in [5, 5.41) is 4.06. The fourth-order valence-corrected chi connectivity index (χ4v) is 3.10. The summed E-state index contributed by atoms with van der Waals surface area (Å²) < 4.78 is 23.3. The van der Waals surface area contributed by atoms with E-state index in [1.54, 1.807) is 19.2 Å². The fourth-order valence-electron chi connectivity index (χ4n) is 3.10. The number of aromatic nitrogens is 3. The minimum atomic E-state index is -0.411. The summed E-state index contributed by atoms with van der Waals surface area (Å²) in [6.45, 7) is 4.98. The second-order valence-electron chi connectivity index (χ2n) is 6.45. The SMILES string of the molecule is CCOc1ccc(Cc2nc(-c3ccc4c(c3)oc(=O)n4C)no2)cc1OCC. The summed E-state index contributed by atoms with van der Waals surface area (Å²) >= 11 is 0. The van der Waals surface area contributed by atoms with Crippen molar-refractivity contribution in [2.75, 3.05) is 13.2 Å². The molecule has 0 bridgehead atoms. The Bertz CT molecular complexity index is 1200. The van der Waals surface area contributed by atoms with Crippen molar-refractivity contribution in [1.82, 2.24) is 14.7 Å². The van der Waals surface area contributed by atoms with Crippen molar-refractivity contribution in [3.05, 3.63) is 58.4 Å². The molecule has 2 aromatic heterocycles. The van der Waals surface area contributed by atoms with Crippen LogP contribution in [-0.4, -0.2) is 27.9 Å². The summed E-state index contributed by atoms with van der Waals surface area (Å²) in [6.07, 6.45) is 0.460. The van der Waals surface area contributed by atoms with E-state index >= 15 is 0 Å². The van der Waals surface area contributed by atoms with Crippen molar-refractivity contribution in [3.63, 3.8) is 0 Å². The highest BCUT2D eigenvalue weighted by Crippen LogP contribution is 2.29. The molecule has 8 heteroatoms. The summed E-state index contributed by atoms with van der Waals surface area (Å²) in [5.74, 6) is 1.90. The zero-order chi connectivity index (χ0) is 20.4. The molecule has 2 aromatic carbocycles. The van der Waals surface area contributed by atoms with Gasteiger partial charge in [0.2, 0.25) is 11.7 Å². The van der Waals surface area contributed by atoms with Crippen LogP contribution in [0.4, 0.5) is 0 Å². The van der Waals surface area contributed by atoms with Gasteiger partial charge in [0.1, 0.15) is 0 Å². The largest absolute Gasteiger partial charge is 0.490 e. The minimum absolute atomic E-state index is 0.411. The van der Waals surface area contributed by atoms with E-state index in [9.17, 15) is 4.79 Å². The van der Waals surface area contributed by atoms with Gasteiger partial charge in [0.25, 0.3) is 0 Å². The maximum atomic E-state index is 11.7. The molecule has 29 heavy (non-hydrogen) atoms. The highest BCUT2D eigenvalue weighted by atomic mass is 16.5. The van der Waals surface area contributed by atoms with Gasteiger partial charge in [-0.1, -0.05) is 11.2 Å². The molecule has 0 radical (unpaired) electrons. The first kappa shape index (κ1) is 18.8. The average Bonchev–Trinajstić information content (AvgIpc) is 3.28. The predicted octanol–water partition coefficient (Wildman–Crippen LogP) is 3.57. The third-order valence-electron chi connectivity index (χ3n) is 4.48. The van der Waals surface area contributed by atoms with E-state index in [-0.39, 0.29) is 0 Å². The molecule has 0 spiro atoms. The lowest BCUT2D eigenvalue weighted by atomic mass is 10.1. The summed E-state index contributed by atoms with van der Waals surface area (Å²) in [7, 11) is 1.66. The highest BCUT2D eigenvalue weighted by molar-refractivity contribution is 5.78. The standard InChI is InChI=1S/C21H21N3O5/c1-4-26-16-9-6-13(10-18(16)27-5-2)11-19-22-20(23-29-19)14-7-8-15-17(12-14)28-21(25)24(15)3/h6-10,12H,4-5,11H2,1-3H3. The maximum absolute atomic E-state index is 11.7. The van der Waals surface area contributed by atoms with Gasteiger partial charge in [0.05, 0.1) is 25.2 Å². The Hall–Kier alpha value is -3.55. The van der Waals surface area contributed by atoms with Crippen LogP contribution in [0.3, 0.4) is 0 Å². The number of hydrogen-bond acceptors (Lipinski definition) is 7. The third-order valence-corrected chi connectivity index (χ3v) is 4.48. The van der Waals surface area contributed by atoms with E-state index in [2.05, 4.69) is 10.1 Å². The van der Waals surface area contributed by atoms with Crippen LogP contribution < -0.4 is 15.2 Å². The summed E-state index contributed by atoms with van der Waals surface area (Å²) in [4.78, 5) is 16.1. The van der Waals surface area contributed by atoms with E-state index in [1.807, 2.05) is 38.1 Å². The Kier molecular flexibility index (Phi) is 5.07. The molecule has 4 aromatic rings. The quantitative estimate of drug-likeness (QED) is 0.472. The summed E-state index contributed by atoms with van der Waals surface area (Å²) in [5.41, 5.74) is 2.87. The van der Waals surface area contributed by atoms with E-state index < -0.39 is 5.76 Å². The molecule has 8 nitrogen and oxygen atoms in total. The monoisotopic (exact) mass is 395 g/mol. The third kappa shape index (κ3) is 3.73. The second kappa shape index (κ2) is 7.83. The molecule has 0 N–H and O–H groups in total. The van der Waals surface area contributed by atoms with Crippen LogP contribution in [0.15, 0.2) is 50.1 Å². The van der Waals surface area contributed by atoms with Gasteiger partial charge in [-0.3, -0.25) is 4.57 Å². The van der Waals surface area contributed by atoms with Crippen molar-refractivity contribution in [3.8, 4) is 22.9 Å². The van der Waals surface area contributed by atoms with Gasteiger partial charge >= 0.3 is 5.76 Å². The van der Waals surface area contributed by atoms with Crippen LogP contribution in [-0.2, 0) is 13.5 Å². The molecule has 0 amide bonds. The van der Waals surface area contributed by atoms with Crippen LogP contribution in [0.5, 0.6) is 11.5 Å². The summed E-state index contributed by atoms with van der Waals surface area (Å²) in [6, 6.07) is 11.1. The predicted molar refractivity (Wildman–Crippen MR) is 106 cm³/mol. The van der Waals surface area contributed by atoms with Crippen molar-refractivity contribution in [1.29, 1.82) is 0 Å². The molecule has 0 saturated heterocycles. The molecular formula is C21H21N3O5. The first-order valence-corrected chi connectivity index (χ1v) is 9.40. The molecule has 4 rings (SSSR count). The van der Waals surface area contributed by atoms with Gasteiger partial charge in [-0.25, -0.2) is 4.79 Å². The number of fused-ring (bicyclic) bond motifs is 1. The normalized spacial score (nSPS) is 11.1. The van der Waals surface area contributed by atoms with Crippen LogP contribution in [0, 0.1) is 0 Å². The van der Waals surface area contributed by atoms with Crippen molar-refractivity contribution in [2.45, 2.75) is 20.3 Å². The zero-order valence-corrected chi connectivity index (χ0v) is 16.5. The van der Waals surface area contributed by atoms with Crippen LogP contribution in [0.25, 0.3) is 22.5 Å². The van der Waals surface area contributed by atoms with Gasteiger partial charge in [0, 0.05) is 12.6 Å². The maximum Gasteiger partial charge on any atom is 0.419 e. The number of benzene rings is 2. The molecule has 0 fully saturated rings. The van der Waals surface area contributed by atoms with Gasteiger partial charge in [-0.05, 0) is 49.7 Å². The van der Waals surface area contributed by atoms with E-state index in [1.165, 1.54) is 4.57 Å². The van der Waals surface area contributed by atoms with Gasteiger partial charge in [-0.15, -0.1) is 0 Å². The number of rotatable bonds is 7. The van der Waals surface area contributed by atoms with Crippen LogP contribution in [0.1, 0.15) is 25.3 Å². The first-order chi connectivity index (χ1) is 14.1. The number of oxazole rings is 1. The van der Waals surface area contributed by atoms with Crippen LogP contribution >= 0.6 is 0 Å². The molecular weight excluding hydrogens is 374 g/mol. The Morgan fingerprint density at radius 3 is 2.62 bits per heavy atom. The van der Waals surface area contributed by atoms with E-state index in [0.29, 0.717) is 59.5 Å². The Balaban J connectivity index is 1.58. The van der Waals surface area contributed by atoms with Gasteiger partial charge < -0.3 is 18.4 Å². The lowest BCUT2D eigenvalue weighted by molar-refractivity contribution is 0.287. The van der Waals surface area contributed by atoms with Crippen molar-refractivity contribution in [2.24, 2.45) is 7.05 Å². The molecule has 0 aliphatic heterocycles. The highest BCUT2D eigenvalue weighted by Gasteiger charge is 2.14. The van der Waals surface area contributed by atoms with Crippen molar-refractivity contribution < 1.29 is 18.4 Å². The topological polar surface area (TPSA) is 92.5 Å². The smallest absolute Gasteiger partial charge is 0.419 e. The molecule has 150 valence electrons. The Morgan fingerprint density at radius 1 is 1.03 bits per heavy atom. The molecule has 2 heterocycles. The minimum Gasteiger partial charge on any atom is -0.490 e. The van der Waals surface area contributed by atoms with Gasteiger partial charge in [-0.2, -0.15) is 4.98 Å².